The van der Waals surface area contributed by atoms with Gasteiger partial charge in [-0.1, -0.05) is 41.9 Å². The Hall–Kier alpha value is -2.32. The van der Waals surface area contributed by atoms with E-state index in [9.17, 15) is 0 Å². The number of benzene rings is 2. The molecule has 3 heteroatoms. The molecule has 0 fully saturated rings. The summed E-state index contributed by atoms with van der Waals surface area (Å²) in [4.78, 5) is 4.41. The summed E-state index contributed by atoms with van der Waals surface area (Å²) in [7, 11) is 0. The van der Waals surface area contributed by atoms with Crippen LogP contribution in [0.3, 0.4) is 0 Å². The predicted molar refractivity (Wildman–Crippen MR) is 82.0 cm³/mol. The first-order valence-corrected chi connectivity index (χ1v) is 6.73. The van der Waals surface area contributed by atoms with Gasteiger partial charge in [-0.25, -0.2) is 0 Å². The van der Waals surface area contributed by atoms with Gasteiger partial charge in [0.2, 0.25) is 0 Å². The molecule has 0 saturated heterocycles. The summed E-state index contributed by atoms with van der Waals surface area (Å²) < 4.78 is 5.88. The highest BCUT2D eigenvalue weighted by molar-refractivity contribution is 6.33. The molecule has 0 N–H and O–H groups in total. The van der Waals surface area contributed by atoms with Crippen LogP contribution in [0.15, 0.2) is 65.2 Å². The maximum atomic E-state index is 6.28. The highest BCUT2D eigenvalue weighted by Gasteiger charge is 2.14. The van der Waals surface area contributed by atoms with Gasteiger partial charge in [-0.2, -0.15) is 0 Å². The maximum absolute atomic E-state index is 6.28. The van der Waals surface area contributed by atoms with Gasteiger partial charge >= 0.3 is 0 Å². The molecule has 2 aromatic carbocycles. The van der Waals surface area contributed by atoms with Gasteiger partial charge in [0.05, 0.1) is 10.7 Å². The minimum atomic E-state index is 0.644. The predicted octanol–water partition coefficient (Wildman–Crippen LogP) is 5.30. The first kappa shape index (κ1) is 11.5. The third kappa shape index (κ3) is 1.62. The molecule has 4 rings (SSSR count). The molecule has 0 saturated carbocycles. The minimum absolute atomic E-state index is 0.644. The van der Waals surface area contributed by atoms with Crippen LogP contribution in [0.2, 0.25) is 5.02 Å². The van der Waals surface area contributed by atoms with Gasteiger partial charge in [0.25, 0.3) is 0 Å². The van der Waals surface area contributed by atoms with E-state index < -0.39 is 0 Å². The molecule has 0 radical (unpaired) electrons. The zero-order valence-corrected chi connectivity index (χ0v) is 11.3. The molecule has 0 unspecified atom stereocenters. The molecule has 0 bridgehead atoms. The Kier molecular flexibility index (Phi) is 2.51. The Morgan fingerprint density at radius 3 is 2.60 bits per heavy atom. The second-order valence-electron chi connectivity index (χ2n) is 4.61. The number of nitrogens with zero attached hydrogens (tertiary/aromatic N) is 1. The summed E-state index contributed by atoms with van der Waals surface area (Å²) in [6.07, 6.45) is 1.75. The van der Waals surface area contributed by atoms with Gasteiger partial charge in [-0.15, -0.1) is 0 Å². The van der Waals surface area contributed by atoms with Crippen LogP contribution in [-0.4, -0.2) is 4.98 Å². The smallest absolute Gasteiger partial charge is 0.136 e. The van der Waals surface area contributed by atoms with E-state index in [0.29, 0.717) is 5.02 Å². The van der Waals surface area contributed by atoms with E-state index in [0.717, 1.165) is 33.2 Å². The zero-order valence-electron chi connectivity index (χ0n) is 10.5. The fourth-order valence-corrected chi connectivity index (χ4v) is 2.78. The fourth-order valence-electron chi connectivity index (χ4n) is 2.56. The SMILES string of the molecule is Clc1cccnc1-c1cccc2oc3ccccc3c12. The third-order valence-corrected chi connectivity index (χ3v) is 3.72. The number of fused-ring (bicyclic) bond motifs is 3. The van der Waals surface area contributed by atoms with Crippen molar-refractivity contribution in [2.45, 2.75) is 0 Å². The van der Waals surface area contributed by atoms with E-state index >= 15 is 0 Å². The lowest BCUT2D eigenvalue weighted by Gasteiger charge is -2.04. The van der Waals surface area contributed by atoms with Crippen molar-refractivity contribution in [2.75, 3.05) is 0 Å². The van der Waals surface area contributed by atoms with Gasteiger partial charge in [-0.05, 0) is 24.3 Å². The van der Waals surface area contributed by atoms with Crippen molar-refractivity contribution in [3.63, 3.8) is 0 Å². The second-order valence-corrected chi connectivity index (χ2v) is 5.02. The standard InChI is InChI=1S/C17H10ClNO/c18-13-7-4-10-19-17(13)12-6-3-9-15-16(12)11-5-1-2-8-14(11)20-15/h1-10H. The summed E-state index contributed by atoms with van der Waals surface area (Å²) in [6, 6.07) is 17.6. The lowest BCUT2D eigenvalue weighted by Crippen LogP contribution is -1.85. The first-order chi connectivity index (χ1) is 9.84. The van der Waals surface area contributed by atoms with E-state index in [1.807, 2.05) is 48.5 Å². The molecule has 0 aliphatic carbocycles. The molecule has 0 spiro atoms. The molecule has 0 atom stereocenters. The molecule has 0 aliphatic rings. The van der Waals surface area contributed by atoms with Crippen molar-refractivity contribution in [1.29, 1.82) is 0 Å². The molecule has 0 aliphatic heterocycles. The Morgan fingerprint density at radius 2 is 1.70 bits per heavy atom. The van der Waals surface area contributed by atoms with E-state index in [1.54, 1.807) is 6.20 Å². The van der Waals surface area contributed by atoms with Crippen molar-refractivity contribution in [3.8, 4) is 11.3 Å². The minimum Gasteiger partial charge on any atom is -0.456 e. The average Bonchev–Trinajstić information content (AvgIpc) is 2.86. The largest absolute Gasteiger partial charge is 0.456 e. The molecule has 2 nitrogen and oxygen atoms in total. The van der Waals surface area contributed by atoms with E-state index in [2.05, 4.69) is 11.1 Å². The van der Waals surface area contributed by atoms with Gasteiger partial charge in [0, 0.05) is 22.5 Å². The van der Waals surface area contributed by atoms with Crippen LogP contribution in [-0.2, 0) is 0 Å². The monoisotopic (exact) mass is 279 g/mol. The molecule has 20 heavy (non-hydrogen) atoms. The fraction of sp³-hybridized carbons (Fsp3) is 0. The van der Waals surface area contributed by atoms with Gasteiger partial charge in [-0.3, -0.25) is 4.98 Å². The summed E-state index contributed by atoms with van der Waals surface area (Å²) >= 11 is 6.28. The first-order valence-electron chi connectivity index (χ1n) is 6.36. The molecule has 4 aromatic rings. The molecule has 96 valence electrons. The number of rotatable bonds is 1. The average molecular weight is 280 g/mol. The quantitative estimate of drug-likeness (QED) is 0.472. The number of furan rings is 1. The van der Waals surface area contributed by atoms with Crippen LogP contribution >= 0.6 is 11.6 Å². The number of halogens is 1. The summed E-state index contributed by atoms with van der Waals surface area (Å²) in [5.74, 6) is 0. The van der Waals surface area contributed by atoms with Gasteiger partial charge < -0.3 is 4.42 Å². The van der Waals surface area contributed by atoms with Gasteiger partial charge in [0.15, 0.2) is 0 Å². The van der Waals surface area contributed by atoms with Crippen LogP contribution in [0.4, 0.5) is 0 Å². The summed E-state index contributed by atoms with van der Waals surface area (Å²) in [6.45, 7) is 0. The van der Waals surface area contributed by atoms with E-state index in [1.165, 1.54) is 0 Å². The number of para-hydroxylation sites is 1. The van der Waals surface area contributed by atoms with Crippen molar-refractivity contribution in [2.24, 2.45) is 0 Å². The third-order valence-electron chi connectivity index (χ3n) is 3.42. The molecular formula is C17H10ClNO. The van der Waals surface area contributed by atoms with Crippen LogP contribution in [0.5, 0.6) is 0 Å². The summed E-state index contributed by atoms with van der Waals surface area (Å²) in [5, 5.41) is 2.79. The Bertz CT molecular complexity index is 926. The Balaban J connectivity index is 2.17. The number of hydrogen-bond acceptors (Lipinski definition) is 2. The number of hydrogen-bond donors (Lipinski definition) is 0. The molecule has 0 amide bonds. The van der Waals surface area contributed by atoms with Crippen molar-refractivity contribution >= 4 is 33.5 Å². The van der Waals surface area contributed by atoms with Crippen molar-refractivity contribution < 1.29 is 4.42 Å². The van der Waals surface area contributed by atoms with Gasteiger partial charge in [0.1, 0.15) is 11.2 Å². The Morgan fingerprint density at radius 1 is 0.850 bits per heavy atom. The lowest BCUT2D eigenvalue weighted by molar-refractivity contribution is 0.669. The zero-order chi connectivity index (χ0) is 13.5. The van der Waals surface area contributed by atoms with E-state index in [-0.39, 0.29) is 0 Å². The number of aromatic nitrogens is 1. The van der Waals surface area contributed by atoms with Crippen molar-refractivity contribution in [1.82, 2.24) is 4.98 Å². The second kappa shape index (κ2) is 4.36. The number of pyridine rings is 1. The normalized spacial score (nSPS) is 11.2. The summed E-state index contributed by atoms with van der Waals surface area (Å²) in [5.41, 5.74) is 3.51. The molecule has 2 heterocycles. The topological polar surface area (TPSA) is 26.0 Å². The molecular weight excluding hydrogens is 270 g/mol. The van der Waals surface area contributed by atoms with Crippen LogP contribution in [0.1, 0.15) is 0 Å². The highest BCUT2D eigenvalue weighted by atomic mass is 35.5. The maximum Gasteiger partial charge on any atom is 0.136 e. The highest BCUT2D eigenvalue weighted by Crippen LogP contribution is 2.37. The van der Waals surface area contributed by atoms with Crippen LogP contribution in [0, 0.1) is 0 Å². The van der Waals surface area contributed by atoms with Crippen LogP contribution in [0.25, 0.3) is 33.2 Å². The van der Waals surface area contributed by atoms with Crippen molar-refractivity contribution in [3.05, 3.63) is 65.8 Å². The van der Waals surface area contributed by atoms with Crippen LogP contribution < -0.4 is 0 Å². The van der Waals surface area contributed by atoms with E-state index in [4.69, 9.17) is 16.0 Å². The molecule has 2 aromatic heterocycles. The lowest BCUT2D eigenvalue weighted by atomic mass is 10.0. The Labute approximate surface area is 120 Å².